The van der Waals surface area contributed by atoms with E-state index in [1.54, 1.807) is 11.6 Å². The number of aromatic nitrogens is 2. The molecule has 2 aromatic heterocycles. The maximum absolute atomic E-state index is 12.1. The lowest BCUT2D eigenvalue weighted by Gasteiger charge is -2.27. The predicted molar refractivity (Wildman–Crippen MR) is 99.7 cm³/mol. The standard InChI is InChI=1S/C14H17N5O2S.2ClH/c15-7-13-18-11(9-22-13)14(20)17-10-1-2-12(16-8-10)19-3-5-21-6-4-19;;/h1-2,8-9H,3-7,15H2,(H,17,20);2*1H. The summed E-state index contributed by atoms with van der Waals surface area (Å²) >= 11 is 1.38. The Morgan fingerprint density at radius 3 is 2.67 bits per heavy atom. The molecule has 2 aromatic rings. The number of thiazole rings is 1. The van der Waals surface area contributed by atoms with Crippen LogP contribution in [0.1, 0.15) is 15.5 Å². The van der Waals surface area contributed by atoms with Gasteiger partial charge in [-0.15, -0.1) is 36.2 Å². The summed E-state index contributed by atoms with van der Waals surface area (Å²) in [7, 11) is 0. The van der Waals surface area contributed by atoms with E-state index in [4.69, 9.17) is 10.5 Å². The van der Waals surface area contributed by atoms with Gasteiger partial charge in [0, 0.05) is 25.0 Å². The molecule has 0 spiro atoms. The number of nitrogens with one attached hydrogen (secondary N) is 1. The summed E-state index contributed by atoms with van der Waals surface area (Å²) in [6.45, 7) is 3.44. The van der Waals surface area contributed by atoms with E-state index in [2.05, 4.69) is 20.2 Å². The first-order valence-corrected chi connectivity index (χ1v) is 7.89. The molecule has 7 nitrogen and oxygen atoms in total. The SMILES string of the molecule is Cl.Cl.NCc1nc(C(=O)Nc2ccc(N3CCOCC3)nc2)cs1. The van der Waals surface area contributed by atoms with Crippen LogP contribution in [-0.4, -0.2) is 42.2 Å². The quantitative estimate of drug-likeness (QED) is 0.826. The van der Waals surface area contributed by atoms with Crippen molar-refractivity contribution in [3.63, 3.8) is 0 Å². The van der Waals surface area contributed by atoms with Crippen LogP contribution in [0, 0.1) is 0 Å². The molecule has 1 amide bonds. The van der Waals surface area contributed by atoms with E-state index in [-0.39, 0.29) is 30.7 Å². The van der Waals surface area contributed by atoms with E-state index in [9.17, 15) is 4.79 Å². The molecule has 0 saturated carbocycles. The third kappa shape index (κ3) is 5.02. The van der Waals surface area contributed by atoms with Crippen LogP contribution in [0.25, 0.3) is 0 Å². The van der Waals surface area contributed by atoms with Crippen LogP contribution < -0.4 is 16.0 Å². The van der Waals surface area contributed by atoms with E-state index in [0.29, 0.717) is 31.1 Å². The zero-order valence-electron chi connectivity index (χ0n) is 12.8. The number of ether oxygens (including phenoxy) is 1. The molecule has 0 aliphatic carbocycles. The molecule has 132 valence electrons. The number of nitrogens with two attached hydrogens (primary N) is 1. The molecular weight excluding hydrogens is 373 g/mol. The van der Waals surface area contributed by atoms with Gasteiger partial charge < -0.3 is 20.7 Å². The molecule has 1 aliphatic rings. The van der Waals surface area contributed by atoms with Crippen molar-refractivity contribution in [2.75, 3.05) is 36.5 Å². The number of rotatable bonds is 4. The molecule has 0 bridgehead atoms. The van der Waals surface area contributed by atoms with E-state index in [1.165, 1.54) is 11.3 Å². The van der Waals surface area contributed by atoms with Crippen LogP contribution in [0.3, 0.4) is 0 Å². The monoisotopic (exact) mass is 391 g/mol. The van der Waals surface area contributed by atoms with Crippen LogP contribution in [0.4, 0.5) is 11.5 Å². The smallest absolute Gasteiger partial charge is 0.275 e. The van der Waals surface area contributed by atoms with Gasteiger partial charge in [0.25, 0.3) is 5.91 Å². The van der Waals surface area contributed by atoms with Crippen LogP contribution in [-0.2, 0) is 11.3 Å². The fourth-order valence-corrected chi connectivity index (χ4v) is 2.80. The number of pyridine rings is 1. The third-order valence-corrected chi connectivity index (χ3v) is 4.17. The Balaban J connectivity index is 0.00000144. The topological polar surface area (TPSA) is 93.4 Å². The zero-order chi connectivity index (χ0) is 15.4. The van der Waals surface area contributed by atoms with Gasteiger partial charge in [-0.2, -0.15) is 0 Å². The number of nitrogens with zero attached hydrogens (tertiary/aromatic N) is 3. The van der Waals surface area contributed by atoms with Crippen LogP contribution in [0.15, 0.2) is 23.7 Å². The van der Waals surface area contributed by atoms with Crippen molar-refractivity contribution < 1.29 is 9.53 Å². The van der Waals surface area contributed by atoms with Crippen molar-refractivity contribution in [3.05, 3.63) is 34.4 Å². The van der Waals surface area contributed by atoms with Gasteiger partial charge in [-0.25, -0.2) is 9.97 Å². The Morgan fingerprint density at radius 1 is 1.33 bits per heavy atom. The number of amides is 1. The van der Waals surface area contributed by atoms with Crippen LogP contribution in [0.2, 0.25) is 0 Å². The van der Waals surface area contributed by atoms with Gasteiger partial charge in [0.1, 0.15) is 16.5 Å². The van der Waals surface area contributed by atoms with Crippen molar-refractivity contribution in [2.45, 2.75) is 6.54 Å². The summed E-state index contributed by atoms with van der Waals surface area (Å²) in [5.41, 5.74) is 6.52. The number of hydrogen-bond donors (Lipinski definition) is 2. The average molecular weight is 392 g/mol. The summed E-state index contributed by atoms with van der Waals surface area (Å²) < 4.78 is 5.32. The predicted octanol–water partition coefficient (Wildman–Crippen LogP) is 1.93. The van der Waals surface area contributed by atoms with Gasteiger partial charge in [0.15, 0.2) is 0 Å². The first kappa shape index (κ1) is 20.6. The summed E-state index contributed by atoms with van der Waals surface area (Å²) in [5.74, 6) is 0.636. The molecule has 0 aromatic carbocycles. The van der Waals surface area contributed by atoms with E-state index >= 15 is 0 Å². The molecule has 0 unspecified atom stereocenters. The Kier molecular flexibility index (Phi) is 8.37. The summed E-state index contributed by atoms with van der Waals surface area (Å²) in [5, 5.41) is 5.23. The molecule has 1 saturated heterocycles. The molecular formula is C14H19Cl2N5O2S. The van der Waals surface area contributed by atoms with Crippen molar-refractivity contribution >= 4 is 53.6 Å². The number of anilines is 2. The highest BCUT2D eigenvalue weighted by atomic mass is 35.5. The molecule has 3 N–H and O–H groups in total. The maximum atomic E-state index is 12.1. The van der Waals surface area contributed by atoms with Gasteiger partial charge >= 0.3 is 0 Å². The average Bonchev–Trinajstić information content (AvgIpc) is 3.06. The van der Waals surface area contributed by atoms with Gasteiger partial charge in [0.05, 0.1) is 25.1 Å². The van der Waals surface area contributed by atoms with E-state index in [0.717, 1.165) is 23.9 Å². The van der Waals surface area contributed by atoms with Gasteiger partial charge in [0.2, 0.25) is 0 Å². The first-order valence-electron chi connectivity index (χ1n) is 7.01. The van der Waals surface area contributed by atoms with E-state index < -0.39 is 0 Å². The lowest BCUT2D eigenvalue weighted by Crippen LogP contribution is -2.36. The number of halogens is 2. The number of carbonyl (C=O) groups is 1. The van der Waals surface area contributed by atoms with Gasteiger partial charge in [-0.1, -0.05) is 0 Å². The number of morpholine rings is 1. The first-order chi connectivity index (χ1) is 10.8. The molecule has 0 atom stereocenters. The van der Waals surface area contributed by atoms with Crippen molar-refractivity contribution in [2.24, 2.45) is 5.73 Å². The molecule has 24 heavy (non-hydrogen) atoms. The Bertz CT molecular complexity index is 647. The second kappa shape index (κ2) is 9.75. The highest BCUT2D eigenvalue weighted by molar-refractivity contribution is 7.09. The molecule has 0 radical (unpaired) electrons. The van der Waals surface area contributed by atoms with Gasteiger partial charge in [-0.3, -0.25) is 4.79 Å². The Labute approximate surface area is 156 Å². The van der Waals surface area contributed by atoms with E-state index in [1.807, 2.05) is 12.1 Å². The number of carbonyl (C=O) groups excluding carboxylic acids is 1. The Morgan fingerprint density at radius 2 is 2.08 bits per heavy atom. The van der Waals surface area contributed by atoms with Crippen molar-refractivity contribution in [1.82, 2.24) is 9.97 Å². The fourth-order valence-electron chi connectivity index (χ4n) is 2.14. The lowest BCUT2D eigenvalue weighted by atomic mass is 10.3. The normalized spacial score (nSPS) is 13.6. The van der Waals surface area contributed by atoms with Crippen LogP contribution in [0.5, 0.6) is 0 Å². The minimum absolute atomic E-state index is 0. The van der Waals surface area contributed by atoms with Crippen molar-refractivity contribution in [3.8, 4) is 0 Å². The highest BCUT2D eigenvalue weighted by Gasteiger charge is 2.13. The molecule has 3 heterocycles. The largest absolute Gasteiger partial charge is 0.378 e. The molecule has 1 aliphatic heterocycles. The molecule has 3 rings (SSSR count). The second-order valence-electron chi connectivity index (χ2n) is 4.79. The Hall–Kier alpha value is -1.45. The van der Waals surface area contributed by atoms with Crippen LogP contribution >= 0.6 is 36.2 Å². The maximum Gasteiger partial charge on any atom is 0.275 e. The fraction of sp³-hybridized carbons (Fsp3) is 0.357. The minimum Gasteiger partial charge on any atom is -0.378 e. The third-order valence-electron chi connectivity index (χ3n) is 3.30. The number of hydrogen-bond acceptors (Lipinski definition) is 7. The summed E-state index contributed by atoms with van der Waals surface area (Å²) in [4.78, 5) is 22.8. The zero-order valence-corrected chi connectivity index (χ0v) is 15.3. The van der Waals surface area contributed by atoms with Gasteiger partial charge in [-0.05, 0) is 12.1 Å². The van der Waals surface area contributed by atoms with Crippen molar-refractivity contribution in [1.29, 1.82) is 0 Å². The summed E-state index contributed by atoms with van der Waals surface area (Å²) in [6.07, 6.45) is 1.65. The second-order valence-corrected chi connectivity index (χ2v) is 5.73. The summed E-state index contributed by atoms with van der Waals surface area (Å²) in [6, 6.07) is 3.74. The highest BCUT2D eigenvalue weighted by Crippen LogP contribution is 2.16. The molecule has 10 heteroatoms. The molecule has 1 fully saturated rings. The lowest BCUT2D eigenvalue weighted by molar-refractivity contribution is 0.102. The minimum atomic E-state index is -0.253.